The zero-order chi connectivity index (χ0) is 15.8. The molecule has 1 rings (SSSR count). The Labute approximate surface area is 128 Å². The largest absolute Gasteiger partial charge is 0.384 e. The summed E-state index contributed by atoms with van der Waals surface area (Å²) in [4.78, 5) is 16.7. The standard InChI is InChI=1S/C17H29N3O/c1-6-9-18-16-10-14(5)19-11-15(16)17(21)20-13(4)8-7-12(2)3/h10-13H,6-9H2,1-5H3,(H,18,19)(H,20,21). The van der Waals surface area contributed by atoms with Crippen molar-refractivity contribution in [2.24, 2.45) is 5.92 Å². The minimum absolute atomic E-state index is 0.0441. The van der Waals surface area contributed by atoms with Crippen molar-refractivity contribution in [3.05, 3.63) is 23.5 Å². The molecule has 1 unspecified atom stereocenters. The highest BCUT2D eigenvalue weighted by atomic mass is 16.1. The maximum atomic E-state index is 12.4. The summed E-state index contributed by atoms with van der Waals surface area (Å²) in [5.41, 5.74) is 2.42. The van der Waals surface area contributed by atoms with Crippen molar-refractivity contribution in [1.29, 1.82) is 0 Å². The highest BCUT2D eigenvalue weighted by Crippen LogP contribution is 2.16. The molecule has 1 heterocycles. The van der Waals surface area contributed by atoms with E-state index in [9.17, 15) is 4.79 Å². The van der Waals surface area contributed by atoms with Crippen molar-refractivity contribution in [1.82, 2.24) is 10.3 Å². The van der Waals surface area contributed by atoms with Gasteiger partial charge in [0.2, 0.25) is 0 Å². The average molecular weight is 291 g/mol. The summed E-state index contributed by atoms with van der Waals surface area (Å²) in [5, 5.41) is 6.38. The van der Waals surface area contributed by atoms with Crippen LogP contribution in [0.5, 0.6) is 0 Å². The topological polar surface area (TPSA) is 54.0 Å². The quantitative estimate of drug-likeness (QED) is 0.766. The van der Waals surface area contributed by atoms with Crippen LogP contribution in [0.15, 0.2) is 12.3 Å². The Morgan fingerprint density at radius 1 is 1.29 bits per heavy atom. The summed E-state index contributed by atoms with van der Waals surface area (Å²) in [6.45, 7) is 11.4. The van der Waals surface area contributed by atoms with Crippen LogP contribution in [0.2, 0.25) is 0 Å². The molecule has 0 aliphatic carbocycles. The first-order valence-corrected chi connectivity index (χ1v) is 7.95. The molecule has 21 heavy (non-hydrogen) atoms. The second-order valence-electron chi connectivity index (χ2n) is 6.14. The van der Waals surface area contributed by atoms with E-state index in [0.29, 0.717) is 11.5 Å². The van der Waals surface area contributed by atoms with Gasteiger partial charge in [0, 0.05) is 24.5 Å². The molecule has 0 aliphatic rings. The molecule has 0 aliphatic heterocycles. The van der Waals surface area contributed by atoms with Gasteiger partial charge in [0.25, 0.3) is 5.91 Å². The van der Waals surface area contributed by atoms with Gasteiger partial charge in [0.05, 0.1) is 11.3 Å². The van der Waals surface area contributed by atoms with Crippen LogP contribution in [-0.4, -0.2) is 23.5 Å². The van der Waals surface area contributed by atoms with Crippen molar-refractivity contribution in [3.63, 3.8) is 0 Å². The van der Waals surface area contributed by atoms with Gasteiger partial charge in [-0.05, 0) is 45.1 Å². The fourth-order valence-corrected chi connectivity index (χ4v) is 2.10. The summed E-state index contributed by atoms with van der Waals surface area (Å²) in [7, 11) is 0. The Bertz CT molecular complexity index is 457. The first-order chi connectivity index (χ1) is 9.93. The molecule has 0 saturated heterocycles. The number of hydrogen-bond acceptors (Lipinski definition) is 3. The molecule has 0 bridgehead atoms. The SMILES string of the molecule is CCCNc1cc(C)ncc1C(=O)NC(C)CCC(C)C. The van der Waals surface area contributed by atoms with E-state index in [2.05, 4.69) is 43.3 Å². The molecular formula is C17H29N3O. The van der Waals surface area contributed by atoms with Crippen LogP contribution in [0.4, 0.5) is 5.69 Å². The zero-order valence-electron chi connectivity index (χ0n) is 14.0. The maximum absolute atomic E-state index is 12.4. The first kappa shape index (κ1) is 17.5. The lowest BCUT2D eigenvalue weighted by molar-refractivity contribution is 0.0937. The number of amides is 1. The third kappa shape index (κ3) is 6.15. The fourth-order valence-electron chi connectivity index (χ4n) is 2.10. The minimum atomic E-state index is -0.0441. The minimum Gasteiger partial charge on any atom is -0.384 e. The zero-order valence-corrected chi connectivity index (χ0v) is 14.0. The summed E-state index contributed by atoms with van der Waals surface area (Å²) in [6.07, 6.45) is 4.81. The molecular weight excluding hydrogens is 262 g/mol. The van der Waals surface area contributed by atoms with Crippen LogP contribution in [0.3, 0.4) is 0 Å². The number of pyridine rings is 1. The molecule has 118 valence electrons. The van der Waals surface area contributed by atoms with Crippen LogP contribution in [-0.2, 0) is 0 Å². The lowest BCUT2D eigenvalue weighted by Gasteiger charge is -2.17. The summed E-state index contributed by atoms with van der Waals surface area (Å²) >= 11 is 0. The van der Waals surface area contributed by atoms with Crippen LogP contribution >= 0.6 is 0 Å². The highest BCUT2D eigenvalue weighted by molar-refractivity contribution is 5.99. The summed E-state index contributed by atoms with van der Waals surface area (Å²) in [6, 6.07) is 2.11. The van der Waals surface area contributed by atoms with E-state index in [1.165, 1.54) is 0 Å². The number of rotatable bonds is 8. The number of carbonyl (C=O) groups excluding carboxylic acids is 1. The third-order valence-electron chi connectivity index (χ3n) is 3.41. The summed E-state index contributed by atoms with van der Waals surface area (Å²) in [5.74, 6) is 0.615. The van der Waals surface area contributed by atoms with Gasteiger partial charge in [-0.2, -0.15) is 0 Å². The smallest absolute Gasteiger partial charge is 0.255 e. The normalized spacial score (nSPS) is 12.3. The number of nitrogens with one attached hydrogen (secondary N) is 2. The maximum Gasteiger partial charge on any atom is 0.255 e. The molecule has 0 radical (unpaired) electrons. The van der Waals surface area contributed by atoms with Gasteiger partial charge >= 0.3 is 0 Å². The first-order valence-electron chi connectivity index (χ1n) is 7.95. The number of hydrogen-bond donors (Lipinski definition) is 2. The number of carbonyl (C=O) groups is 1. The molecule has 0 fully saturated rings. The van der Waals surface area contributed by atoms with Crippen molar-refractivity contribution in [2.45, 2.75) is 59.9 Å². The lowest BCUT2D eigenvalue weighted by atomic mass is 10.0. The van der Waals surface area contributed by atoms with Gasteiger partial charge in [-0.3, -0.25) is 9.78 Å². The van der Waals surface area contributed by atoms with E-state index in [1.54, 1.807) is 6.20 Å². The molecule has 4 heteroatoms. The lowest BCUT2D eigenvalue weighted by Crippen LogP contribution is -2.33. The summed E-state index contributed by atoms with van der Waals surface area (Å²) < 4.78 is 0. The monoisotopic (exact) mass is 291 g/mol. The Morgan fingerprint density at radius 2 is 2.00 bits per heavy atom. The fraction of sp³-hybridized carbons (Fsp3) is 0.647. The van der Waals surface area contributed by atoms with Crippen LogP contribution in [0, 0.1) is 12.8 Å². The third-order valence-corrected chi connectivity index (χ3v) is 3.41. The average Bonchev–Trinajstić information content (AvgIpc) is 2.42. The molecule has 0 spiro atoms. The number of anilines is 1. The van der Waals surface area contributed by atoms with Crippen LogP contribution in [0.1, 0.15) is 63.0 Å². The van der Waals surface area contributed by atoms with E-state index in [-0.39, 0.29) is 11.9 Å². The molecule has 1 amide bonds. The van der Waals surface area contributed by atoms with E-state index in [0.717, 1.165) is 37.2 Å². The van der Waals surface area contributed by atoms with E-state index in [4.69, 9.17) is 0 Å². The molecule has 0 saturated carbocycles. The van der Waals surface area contributed by atoms with E-state index in [1.807, 2.05) is 13.0 Å². The van der Waals surface area contributed by atoms with Crippen molar-refractivity contribution < 1.29 is 4.79 Å². The molecule has 1 aromatic heterocycles. The molecule has 4 nitrogen and oxygen atoms in total. The van der Waals surface area contributed by atoms with Crippen LogP contribution < -0.4 is 10.6 Å². The second kappa shape index (κ2) is 8.65. The molecule has 1 aromatic rings. The van der Waals surface area contributed by atoms with Gasteiger partial charge in [0.1, 0.15) is 0 Å². The Balaban J connectivity index is 2.72. The number of nitrogens with zero attached hydrogens (tertiary/aromatic N) is 1. The Kier molecular flexibility index (Phi) is 7.20. The van der Waals surface area contributed by atoms with Crippen molar-refractivity contribution in [3.8, 4) is 0 Å². The van der Waals surface area contributed by atoms with Gasteiger partial charge in [-0.1, -0.05) is 20.8 Å². The molecule has 2 N–H and O–H groups in total. The van der Waals surface area contributed by atoms with E-state index < -0.39 is 0 Å². The predicted molar refractivity (Wildman–Crippen MR) is 88.8 cm³/mol. The Hall–Kier alpha value is -1.58. The molecule has 1 atom stereocenters. The predicted octanol–water partition coefficient (Wildman–Crippen LogP) is 3.77. The highest BCUT2D eigenvalue weighted by Gasteiger charge is 2.14. The van der Waals surface area contributed by atoms with Crippen molar-refractivity contribution >= 4 is 11.6 Å². The van der Waals surface area contributed by atoms with Gasteiger partial charge in [-0.25, -0.2) is 0 Å². The second-order valence-corrected chi connectivity index (χ2v) is 6.14. The van der Waals surface area contributed by atoms with Gasteiger partial charge in [-0.15, -0.1) is 0 Å². The van der Waals surface area contributed by atoms with Crippen molar-refractivity contribution in [2.75, 3.05) is 11.9 Å². The van der Waals surface area contributed by atoms with E-state index >= 15 is 0 Å². The number of aryl methyl sites for hydroxylation is 1. The molecule has 0 aromatic carbocycles. The van der Waals surface area contributed by atoms with Gasteiger partial charge in [0.15, 0.2) is 0 Å². The number of aromatic nitrogens is 1. The van der Waals surface area contributed by atoms with Gasteiger partial charge < -0.3 is 10.6 Å². The van der Waals surface area contributed by atoms with Crippen LogP contribution in [0.25, 0.3) is 0 Å². The Morgan fingerprint density at radius 3 is 2.62 bits per heavy atom.